The topological polar surface area (TPSA) is 59.7 Å². The first kappa shape index (κ1) is 15.5. The summed E-state index contributed by atoms with van der Waals surface area (Å²) in [6, 6.07) is 11.1. The molecule has 6 heteroatoms. The van der Waals surface area contributed by atoms with E-state index in [0.29, 0.717) is 0 Å². The molecule has 3 heterocycles. The van der Waals surface area contributed by atoms with Crippen LogP contribution in [-0.2, 0) is 6.54 Å². The normalized spacial score (nSPS) is 15.9. The molecule has 5 rings (SSSR count). The summed E-state index contributed by atoms with van der Waals surface area (Å²) in [4.78, 5) is 13.7. The van der Waals surface area contributed by atoms with Crippen LogP contribution in [-0.4, -0.2) is 46.0 Å². The van der Waals surface area contributed by atoms with Crippen LogP contribution in [0.5, 0.6) is 0 Å². The second-order valence-electron chi connectivity index (χ2n) is 6.83. The minimum atomic E-state index is -0.229. The molecule has 0 atom stereocenters. The third-order valence-corrected chi connectivity index (χ3v) is 5.07. The van der Waals surface area contributed by atoms with Crippen molar-refractivity contribution in [3.63, 3.8) is 0 Å². The van der Waals surface area contributed by atoms with Crippen molar-refractivity contribution in [3.05, 3.63) is 54.2 Å². The molecule has 0 amide bonds. The fourth-order valence-corrected chi connectivity index (χ4v) is 3.72. The van der Waals surface area contributed by atoms with E-state index in [4.69, 9.17) is 4.98 Å². The third kappa shape index (κ3) is 2.77. The van der Waals surface area contributed by atoms with E-state index >= 15 is 0 Å². The minimum absolute atomic E-state index is 0.229. The molecule has 26 heavy (non-hydrogen) atoms. The highest BCUT2D eigenvalue weighted by Gasteiger charge is 2.13. The second-order valence-corrected chi connectivity index (χ2v) is 6.83. The predicted octanol–water partition coefficient (Wildman–Crippen LogP) is 3.26. The highest BCUT2D eigenvalue weighted by molar-refractivity contribution is 5.97. The predicted molar refractivity (Wildman–Crippen MR) is 101 cm³/mol. The number of nitrogens with one attached hydrogen (secondary N) is 3. The number of H-pyrrole nitrogens is 2. The fourth-order valence-electron chi connectivity index (χ4n) is 3.72. The van der Waals surface area contributed by atoms with E-state index in [1.807, 2.05) is 18.3 Å². The summed E-state index contributed by atoms with van der Waals surface area (Å²) in [5.74, 6) is 0.771. The van der Waals surface area contributed by atoms with Gasteiger partial charge in [0.15, 0.2) is 0 Å². The number of rotatable bonds is 3. The molecule has 0 saturated carbocycles. The van der Waals surface area contributed by atoms with Crippen LogP contribution in [0.25, 0.3) is 33.1 Å². The van der Waals surface area contributed by atoms with Crippen molar-refractivity contribution in [1.82, 2.24) is 25.2 Å². The summed E-state index contributed by atoms with van der Waals surface area (Å²) in [6.07, 6.45) is 1.93. The number of nitrogens with zero attached hydrogens (tertiary/aromatic N) is 2. The molecule has 0 radical (unpaired) electrons. The fraction of sp³-hybridized carbons (Fsp3) is 0.250. The van der Waals surface area contributed by atoms with E-state index in [1.165, 1.54) is 12.1 Å². The zero-order chi connectivity index (χ0) is 17.5. The maximum Gasteiger partial charge on any atom is 0.125 e. The molecule has 132 valence electrons. The Bertz CT molecular complexity index is 1070. The van der Waals surface area contributed by atoms with E-state index < -0.39 is 0 Å². The van der Waals surface area contributed by atoms with Crippen molar-refractivity contribution in [2.45, 2.75) is 6.54 Å². The Balaban J connectivity index is 1.49. The number of hydrogen-bond donors (Lipinski definition) is 3. The van der Waals surface area contributed by atoms with Crippen LogP contribution in [0.2, 0.25) is 0 Å². The van der Waals surface area contributed by atoms with Crippen LogP contribution >= 0.6 is 0 Å². The van der Waals surface area contributed by atoms with Crippen LogP contribution < -0.4 is 5.32 Å². The Hall–Kier alpha value is -2.70. The Labute approximate surface area is 150 Å². The van der Waals surface area contributed by atoms with Gasteiger partial charge in [0.2, 0.25) is 0 Å². The molecule has 4 aromatic rings. The zero-order valence-electron chi connectivity index (χ0n) is 14.3. The number of hydrogen-bond acceptors (Lipinski definition) is 3. The minimum Gasteiger partial charge on any atom is -0.360 e. The van der Waals surface area contributed by atoms with Gasteiger partial charge in [-0.25, -0.2) is 9.37 Å². The van der Waals surface area contributed by atoms with Gasteiger partial charge in [-0.15, -0.1) is 0 Å². The molecule has 1 saturated heterocycles. The van der Waals surface area contributed by atoms with E-state index in [9.17, 15) is 4.39 Å². The van der Waals surface area contributed by atoms with Crippen molar-refractivity contribution < 1.29 is 4.39 Å². The van der Waals surface area contributed by atoms with Gasteiger partial charge in [0.25, 0.3) is 0 Å². The lowest BCUT2D eigenvalue weighted by Gasteiger charge is -2.26. The van der Waals surface area contributed by atoms with Crippen molar-refractivity contribution >= 4 is 21.9 Å². The summed E-state index contributed by atoms with van der Waals surface area (Å²) in [5.41, 5.74) is 4.98. The Morgan fingerprint density at radius 1 is 1.04 bits per heavy atom. The van der Waals surface area contributed by atoms with Crippen molar-refractivity contribution in [1.29, 1.82) is 0 Å². The molecule has 0 spiro atoms. The quantitative estimate of drug-likeness (QED) is 0.532. The van der Waals surface area contributed by atoms with Gasteiger partial charge < -0.3 is 15.3 Å². The number of halogens is 1. The van der Waals surface area contributed by atoms with E-state index in [-0.39, 0.29) is 5.82 Å². The van der Waals surface area contributed by atoms with Gasteiger partial charge in [0, 0.05) is 48.8 Å². The first-order chi connectivity index (χ1) is 12.8. The zero-order valence-corrected chi connectivity index (χ0v) is 14.3. The van der Waals surface area contributed by atoms with Gasteiger partial charge in [-0.2, -0.15) is 0 Å². The van der Waals surface area contributed by atoms with E-state index in [2.05, 4.69) is 32.3 Å². The number of benzene rings is 2. The second kappa shape index (κ2) is 6.23. The van der Waals surface area contributed by atoms with Gasteiger partial charge in [0.05, 0.1) is 17.6 Å². The lowest BCUT2D eigenvalue weighted by Crippen LogP contribution is -2.43. The molecule has 1 fully saturated rings. The maximum atomic E-state index is 13.4. The number of fused-ring (bicyclic) bond motifs is 2. The number of aromatic amines is 2. The van der Waals surface area contributed by atoms with Gasteiger partial charge in [0.1, 0.15) is 11.6 Å². The molecular weight excluding hydrogens is 329 g/mol. The molecule has 5 nitrogen and oxygen atoms in total. The molecule has 0 aliphatic carbocycles. The molecule has 2 aromatic heterocycles. The number of aromatic nitrogens is 3. The summed E-state index contributed by atoms with van der Waals surface area (Å²) in [6.45, 7) is 5.01. The average molecular weight is 349 g/mol. The summed E-state index contributed by atoms with van der Waals surface area (Å²) >= 11 is 0. The summed E-state index contributed by atoms with van der Waals surface area (Å²) in [7, 11) is 0. The van der Waals surface area contributed by atoms with E-state index in [0.717, 1.165) is 71.6 Å². The summed E-state index contributed by atoms with van der Waals surface area (Å²) < 4.78 is 13.4. The molecule has 3 N–H and O–H groups in total. The van der Waals surface area contributed by atoms with E-state index in [1.54, 1.807) is 0 Å². The smallest absolute Gasteiger partial charge is 0.125 e. The lowest BCUT2D eigenvalue weighted by molar-refractivity contribution is 0.229. The van der Waals surface area contributed by atoms with Gasteiger partial charge in [-0.3, -0.25) is 4.90 Å². The molecule has 0 bridgehead atoms. The van der Waals surface area contributed by atoms with Gasteiger partial charge in [-0.05, 0) is 35.9 Å². The SMILES string of the molecule is Fc1ccc2c(-c3ccc4nc(CN5CCNCC5)[nH]c4c3)c[nH]c2c1. The number of piperazine rings is 1. The Morgan fingerprint density at radius 3 is 2.81 bits per heavy atom. The first-order valence-electron chi connectivity index (χ1n) is 8.95. The monoisotopic (exact) mass is 349 g/mol. The van der Waals surface area contributed by atoms with Crippen molar-refractivity contribution in [2.75, 3.05) is 26.2 Å². The molecule has 0 unspecified atom stereocenters. The van der Waals surface area contributed by atoms with Crippen molar-refractivity contribution in [3.8, 4) is 11.1 Å². The Morgan fingerprint density at radius 2 is 1.92 bits per heavy atom. The van der Waals surface area contributed by atoms with Gasteiger partial charge >= 0.3 is 0 Å². The lowest BCUT2D eigenvalue weighted by atomic mass is 10.0. The maximum absolute atomic E-state index is 13.4. The number of imidazole rings is 1. The van der Waals surface area contributed by atoms with Crippen LogP contribution in [0.1, 0.15) is 5.82 Å². The molecule has 1 aliphatic heterocycles. The summed E-state index contributed by atoms with van der Waals surface area (Å²) in [5, 5.41) is 4.39. The van der Waals surface area contributed by atoms with Crippen LogP contribution in [0.15, 0.2) is 42.6 Å². The van der Waals surface area contributed by atoms with Gasteiger partial charge in [-0.1, -0.05) is 6.07 Å². The largest absolute Gasteiger partial charge is 0.360 e. The highest BCUT2D eigenvalue weighted by Crippen LogP contribution is 2.30. The third-order valence-electron chi connectivity index (χ3n) is 5.07. The highest BCUT2D eigenvalue weighted by atomic mass is 19.1. The van der Waals surface area contributed by atoms with Crippen LogP contribution in [0.4, 0.5) is 4.39 Å². The van der Waals surface area contributed by atoms with Crippen molar-refractivity contribution in [2.24, 2.45) is 0 Å². The Kier molecular flexibility index (Phi) is 3.72. The first-order valence-corrected chi connectivity index (χ1v) is 8.95. The van der Waals surface area contributed by atoms with Crippen LogP contribution in [0, 0.1) is 5.82 Å². The van der Waals surface area contributed by atoms with Crippen LogP contribution in [0.3, 0.4) is 0 Å². The molecular formula is C20H20FN5. The molecule has 2 aromatic carbocycles. The standard InChI is InChI=1S/C20H20FN5/c21-14-2-3-15-16(11-23-18(15)10-14)13-1-4-17-19(9-13)25-20(24-17)12-26-7-5-22-6-8-26/h1-4,9-11,22-23H,5-8,12H2,(H,24,25). The average Bonchev–Trinajstić information content (AvgIpc) is 3.24. The molecule has 1 aliphatic rings.